The molecule has 2 aromatic heterocycles. The highest BCUT2D eigenvalue weighted by atomic mass is 16.5. The molecule has 4 aromatic rings. The van der Waals surface area contributed by atoms with Gasteiger partial charge in [0.1, 0.15) is 17.5 Å². The zero-order valence-corrected chi connectivity index (χ0v) is 15.9. The zero-order chi connectivity index (χ0) is 20.0. The molecule has 2 heterocycles. The van der Waals surface area contributed by atoms with Gasteiger partial charge in [0, 0.05) is 17.5 Å². The predicted molar refractivity (Wildman–Crippen MR) is 115 cm³/mol. The van der Waals surface area contributed by atoms with Crippen LogP contribution in [0.25, 0.3) is 39.0 Å². The number of hydrogen-bond acceptors (Lipinski definition) is 4. The molecule has 0 fully saturated rings. The van der Waals surface area contributed by atoms with Crippen LogP contribution in [0.5, 0.6) is 0 Å². The van der Waals surface area contributed by atoms with E-state index in [0.29, 0.717) is 5.56 Å². The molecule has 1 aliphatic rings. The summed E-state index contributed by atoms with van der Waals surface area (Å²) >= 11 is 0. The molecule has 7 heteroatoms. The standard InChI is InChI=1S/C22H20N6O/c1-29-15-6-2-12(3-7-15)21-25-17-9-5-14(11-19(17)27-21)22-26-16-8-4-13(20(23)24)10-18(16)28-22/h2,4-6,8-11H,3,7H2,1H3,(H3,23,24)(H,25,27)(H,26,28). The molecule has 0 saturated heterocycles. The number of fused-ring (bicyclic) bond motifs is 2. The second-order valence-electron chi connectivity index (χ2n) is 7.08. The molecule has 0 aliphatic heterocycles. The first kappa shape index (κ1) is 17.2. The quantitative estimate of drug-likeness (QED) is 0.313. The van der Waals surface area contributed by atoms with E-state index in [1.807, 2.05) is 30.3 Å². The van der Waals surface area contributed by atoms with Crippen LogP contribution in [0.3, 0.4) is 0 Å². The lowest BCUT2D eigenvalue weighted by atomic mass is 10.0. The number of imidazole rings is 2. The Bertz CT molecular complexity index is 1320. The van der Waals surface area contributed by atoms with Gasteiger partial charge in [-0.1, -0.05) is 6.08 Å². The van der Waals surface area contributed by atoms with Crippen LogP contribution in [0.4, 0.5) is 0 Å². The molecule has 5 N–H and O–H groups in total. The third kappa shape index (κ3) is 3.06. The first-order valence-electron chi connectivity index (χ1n) is 9.39. The van der Waals surface area contributed by atoms with Crippen molar-refractivity contribution < 1.29 is 4.74 Å². The highest BCUT2D eigenvalue weighted by Gasteiger charge is 2.14. The fourth-order valence-electron chi connectivity index (χ4n) is 3.61. The number of nitrogens with one attached hydrogen (secondary N) is 3. The van der Waals surface area contributed by atoms with Gasteiger partial charge in [-0.25, -0.2) is 9.97 Å². The van der Waals surface area contributed by atoms with E-state index in [-0.39, 0.29) is 5.84 Å². The van der Waals surface area contributed by atoms with Crippen LogP contribution < -0.4 is 5.73 Å². The molecule has 0 saturated carbocycles. The zero-order valence-electron chi connectivity index (χ0n) is 15.9. The number of nitrogens with zero attached hydrogens (tertiary/aromatic N) is 2. The van der Waals surface area contributed by atoms with Crippen molar-refractivity contribution >= 4 is 33.5 Å². The highest BCUT2D eigenvalue weighted by molar-refractivity contribution is 5.98. The third-order valence-electron chi connectivity index (χ3n) is 5.23. The molecule has 0 amide bonds. The first-order valence-corrected chi connectivity index (χ1v) is 9.39. The van der Waals surface area contributed by atoms with E-state index < -0.39 is 0 Å². The van der Waals surface area contributed by atoms with Gasteiger partial charge in [0.05, 0.1) is 34.9 Å². The summed E-state index contributed by atoms with van der Waals surface area (Å²) in [5, 5.41) is 7.60. The van der Waals surface area contributed by atoms with Crippen LogP contribution >= 0.6 is 0 Å². The van der Waals surface area contributed by atoms with Crippen molar-refractivity contribution in [2.24, 2.45) is 5.73 Å². The third-order valence-corrected chi connectivity index (χ3v) is 5.23. The summed E-state index contributed by atoms with van der Waals surface area (Å²) in [6.45, 7) is 0. The Morgan fingerprint density at radius 3 is 2.41 bits per heavy atom. The molecule has 7 nitrogen and oxygen atoms in total. The maximum Gasteiger partial charge on any atom is 0.138 e. The number of allylic oxidation sites excluding steroid dienone is 4. The van der Waals surface area contributed by atoms with E-state index in [1.54, 1.807) is 13.2 Å². The average Bonchev–Trinajstić information content (AvgIpc) is 3.36. The van der Waals surface area contributed by atoms with Gasteiger partial charge in [-0.05, 0) is 54.5 Å². The normalized spacial score (nSPS) is 14.1. The van der Waals surface area contributed by atoms with Crippen molar-refractivity contribution in [2.45, 2.75) is 12.8 Å². The summed E-state index contributed by atoms with van der Waals surface area (Å²) in [6.07, 6.45) is 5.84. The van der Waals surface area contributed by atoms with Crippen molar-refractivity contribution in [3.8, 4) is 11.4 Å². The molecule has 0 bridgehead atoms. The highest BCUT2D eigenvalue weighted by Crippen LogP contribution is 2.29. The lowest BCUT2D eigenvalue weighted by Crippen LogP contribution is -2.10. The summed E-state index contributed by atoms with van der Waals surface area (Å²) in [4.78, 5) is 16.2. The number of methoxy groups -OCH3 is 1. The maximum atomic E-state index is 7.60. The van der Waals surface area contributed by atoms with Gasteiger partial charge < -0.3 is 20.4 Å². The Morgan fingerprint density at radius 1 is 0.966 bits per heavy atom. The maximum absolute atomic E-state index is 7.60. The molecule has 0 radical (unpaired) electrons. The number of rotatable bonds is 4. The van der Waals surface area contributed by atoms with E-state index in [9.17, 15) is 0 Å². The molecule has 2 aromatic carbocycles. The van der Waals surface area contributed by atoms with Crippen LogP contribution in [-0.4, -0.2) is 32.9 Å². The van der Waals surface area contributed by atoms with Crippen molar-refractivity contribution in [3.05, 3.63) is 65.7 Å². The fourth-order valence-corrected chi connectivity index (χ4v) is 3.61. The van der Waals surface area contributed by atoms with Crippen molar-refractivity contribution in [2.75, 3.05) is 7.11 Å². The Hall–Kier alpha value is -3.87. The van der Waals surface area contributed by atoms with Gasteiger partial charge in [0.15, 0.2) is 0 Å². The Kier molecular flexibility index (Phi) is 3.94. The van der Waals surface area contributed by atoms with Crippen molar-refractivity contribution in [1.29, 1.82) is 5.41 Å². The van der Waals surface area contributed by atoms with Crippen LogP contribution in [0.15, 0.2) is 54.3 Å². The molecule has 5 rings (SSSR count). The summed E-state index contributed by atoms with van der Waals surface area (Å²) in [6, 6.07) is 11.6. The lowest BCUT2D eigenvalue weighted by molar-refractivity contribution is 0.277. The summed E-state index contributed by atoms with van der Waals surface area (Å²) in [5.74, 6) is 2.69. The minimum atomic E-state index is 0.0407. The minimum Gasteiger partial charge on any atom is -0.501 e. The number of aromatic amines is 2. The van der Waals surface area contributed by atoms with Gasteiger partial charge >= 0.3 is 0 Å². The largest absolute Gasteiger partial charge is 0.501 e. The average molecular weight is 384 g/mol. The van der Waals surface area contributed by atoms with Crippen LogP contribution in [-0.2, 0) is 4.74 Å². The van der Waals surface area contributed by atoms with Crippen molar-refractivity contribution in [1.82, 2.24) is 19.9 Å². The summed E-state index contributed by atoms with van der Waals surface area (Å²) in [5.41, 5.74) is 12.0. The SMILES string of the molecule is COC1=CC=C(c2nc3ccc(-c4nc5ccc(C(=N)N)cc5[nH]4)cc3[nH]2)CC1. The molecular weight excluding hydrogens is 364 g/mol. The number of benzene rings is 2. The van der Waals surface area contributed by atoms with E-state index in [4.69, 9.17) is 20.9 Å². The van der Waals surface area contributed by atoms with E-state index >= 15 is 0 Å². The molecule has 0 spiro atoms. The monoisotopic (exact) mass is 384 g/mol. The number of amidine groups is 1. The van der Waals surface area contributed by atoms with Gasteiger partial charge in [-0.3, -0.25) is 5.41 Å². The fraction of sp³-hybridized carbons (Fsp3) is 0.136. The molecular formula is C22H20N6O. The Morgan fingerprint density at radius 2 is 1.69 bits per heavy atom. The number of H-pyrrole nitrogens is 2. The molecule has 144 valence electrons. The summed E-state index contributed by atoms with van der Waals surface area (Å²) < 4.78 is 5.30. The van der Waals surface area contributed by atoms with Crippen LogP contribution in [0, 0.1) is 5.41 Å². The van der Waals surface area contributed by atoms with E-state index in [0.717, 1.165) is 57.9 Å². The van der Waals surface area contributed by atoms with Crippen molar-refractivity contribution in [3.63, 3.8) is 0 Å². The number of hydrogen-bond donors (Lipinski definition) is 4. The summed E-state index contributed by atoms with van der Waals surface area (Å²) in [7, 11) is 1.70. The Labute approximate surface area is 166 Å². The topological polar surface area (TPSA) is 116 Å². The predicted octanol–water partition coefficient (Wildman–Crippen LogP) is 4.10. The molecule has 29 heavy (non-hydrogen) atoms. The van der Waals surface area contributed by atoms with Gasteiger partial charge in [0.25, 0.3) is 0 Å². The number of ether oxygens (including phenoxy) is 1. The smallest absolute Gasteiger partial charge is 0.138 e. The lowest BCUT2D eigenvalue weighted by Gasteiger charge is -2.11. The van der Waals surface area contributed by atoms with Crippen LogP contribution in [0.2, 0.25) is 0 Å². The second kappa shape index (κ2) is 6.63. The van der Waals surface area contributed by atoms with Gasteiger partial charge in [0.2, 0.25) is 0 Å². The second-order valence-corrected chi connectivity index (χ2v) is 7.08. The number of aromatic nitrogens is 4. The van der Waals surface area contributed by atoms with E-state index in [2.05, 4.69) is 27.1 Å². The number of nitrogen functional groups attached to an aromatic ring is 1. The first-order chi connectivity index (χ1) is 14.1. The molecule has 0 atom stereocenters. The van der Waals surface area contributed by atoms with Crippen LogP contribution in [0.1, 0.15) is 24.2 Å². The molecule has 1 aliphatic carbocycles. The minimum absolute atomic E-state index is 0.0407. The molecule has 0 unspecified atom stereocenters. The number of nitrogens with two attached hydrogens (primary N) is 1. The van der Waals surface area contributed by atoms with Gasteiger partial charge in [-0.15, -0.1) is 0 Å². The van der Waals surface area contributed by atoms with Gasteiger partial charge in [-0.2, -0.15) is 0 Å². The Balaban J connectivity index is 1.52. The van der Waals surface area contributed by atoms with E-state index in [1.165, 1.54) is 5.57 Å².